The van der Waals surface area contributed by atoms with E-state index in [-0.39, 0.29) is 22.7 Å². The Balaban J connectivity index is 2.27. The zero-order valence-corrected chi connectivity index (χ0v) is 10.4. The van der Waals surface area contributed by atoms with Crippen LogP contribution in [0.15, 0.2) is 12.1 Å². The normalized spacial score (nSPS) is 18.2. The maximum absolute atomic E-state index is 13.6. The summed E-state index contributed by atoms with van der Waals surface area (Å²) >= 11 is 0. The standard InChI is InChI=1S/C13H16F2N2O/c1-7(13(2)3-4-13)17-11-5-8(12(16)18)9(14)6-10(11)15/h5-7,17H,3-4H2,1-2H3,(H2,16,18). The van der Waals surface area contributed by atoms with Crippen molar-refractivity contribution < 1.29 is 13.6 Å². The Kier molecular flexibility index (Phi) is 3.00. The molecule has 1 atom stereocenters. The number of carbonyl (C=O) groups excluding carboxylic acids is 1. The lowest BCUT2D eigenvalue weighted by Gasteiger charge is -2.22. The van der Waals surface area contributed by atoms with Gasteiger partial charge in [-0.3, -0.25) is 4.79 Å². The molecule has 0 heterocycles. The van der Waals surface area contributed by atoms with Gasteiger partial charge >= 0.3 is 0 Å². The molecule has 0 bridgehead atoms. The SMILES string of the molecule is CC(Nc1cc(C(N)=O)c(F)cc1F)C1(C)CC1. The second-order valence-corrected chi connectivity index (χ2v) is 5.20. The van der Waals surface area contributed by atoms with Crippen LogP contribution in [0.4, 0.5) is 14.5 Å². The van der Waals surface area contributed by atoms with Crippen molar-refractivity contribution in [1.29, 1.82) is 0 Å². The lowest BCUT2D eigenvalue weighted by molar-refractivity contribution is 0.0996. The van der Waals surface area contributed by atoms with Crippen LogP contribution in [0, 0.1) is 17.0 Å². The summed E-state index contributed by atoms with van der Waals surface area (Å²) in [5.41, 5.74) is 5.00. The molecule has 1 aromatic carbocycles. The quantitative estimate of drug-likeness (QED) is 0.867. The lowest BCUT2D eigenvalue weighted by Crippen LogP contribution is -2.26. The smallest absolute Gasteiger partial charge is 0.251 e. The summed E-state index contributed by atoms with van der Waals surface area (Å²) in [7, 11) is 0. The van der Waals surface area contributed by atoms with Crippen LogP contribution in [0.5, 0.6) is 0 Å². The van der Waals surface area contributed by atoms with Crippen molar-refractivity contribution in [3.8, 4) is 0 Å². The molecule has 18 heavy (non-hydrogen) atoms. The second kappa shape index (κ2) is 4.23. The Hall–Kier alpha value is -1.65. The average molecular weight is 254 g/mol. The zero-order chi connectivity index (χ0) is 13.5. The Morgan fingerprint density at radius 3 is 2.50 bits per heavy atom. The van der Waals surface area contributed by atoms with E-state index in [0.29, 0.717) is 6.07 Å². The van der Waals surface area contributed by atoms with Crippen LogP contribution in [0.3, 0.4) is 0 Å². The minimum atomic E-state index is -0.934. The number of carbonyl (C=O) groups is 1. The first-order chi connectivity index (χ1) is 8.33. The Morgan fingerprint density at radius 2 is 2.00 bits per heavy atom. The first-order valence-electron chi connectivity index (χ1n) is 5.89. The van der Waals surface area contributed by atoms with Gasteiger partial charge in [0, 0.05) is 12.1 Å². The summed E-state index contributed by atoms with van der Waals surface area (Å²) in [6.07, 6.45) is 2.15. The second-order valence-electron chi connectivity index (χ2n) is 5.20. The number of nitrogens with two attached hydrogens (primary N) is 1. The molecule has 1 aliphatic carbocycles. The van der Waals surface area contributed by atoms with Gasteiger partial charge in [0.2, 0.25) is 0 Å². The molecule has 0 aliphatic heterocycles. The molecule has 5 heteroatoms. The summed E-state index contributed by atoms with van der Waals surface area (Å²) in [6, 6.07) is 1.87. The van der Waals surface area contributed by atoms with Crippen LogP contribution in [-0.4, -0.2) is 11.9 Å². The summed E-state index contributed by atoms with van der Waals surface area (Å²) in [5.74, 6) is -2.55. The fourth-order valence-electron chi connectivity index (χ4n) is 1.89. The molecule has 0 spiro atoms. The number of primary amides is 1. The van der Waals surface area contributed by atoms with Crippen LogP contribution >= 0.6 is 0 Å². The van der Waals surface area contributed by atoms with E-state index in [1.54, 1.807) is 0 Å². The number of anilines is 1. The highest BCUT2D eigenvalue weighted by atomic mass is 19.1. The molecule has 0 radical (unpaired) electrons. The van der Waals surface area contributed by atoms with E-state index < -0.39 is 17.5 Å². The zero-order valence-electron chi connectivity index (χ0n) is 10.4. The topological polar surface area (TPSA) is 55.1 Å². The van der Waals surface area contributed by atoms with Crippen molar-refractivity contribution >= 4 is 11.6 Å². The van der Waals surface area contributed by atoms with Gasteiger partial charge in [0.25, 0.3) is 5.91 Å². The maximum Gasteiger partial charge on any atom is 0.251 e. The van der Waals surface area contributed by atoms with Gasteiger partial charge in [-0.05, 0) is 31.2 Å². The van der Waals surface area contributed by atoms with E-state index in [1.807, 2.05) is 6.92 Å². The number of nitrogens with one attached hydrogen (secondary N) is 1. The molecular weight excluding hydrogens is 238 g/mol. The summed E-state index contributed by atoms with van der Waals surface area (Å²) in [5, 5.41) is 2.99. The fourth-order valence-corrected chi connectivity index (χ4v) is 1.89. The van der Waals surface area contributed by atoms with Gasteiger partial charge in [-0.1, -0.05) is 6.92 Å². The van der Waals surface area contributed by atoms with Crippen molar-refractivity contribution in [2.45, 2.75) is 32.7 Å². The van der Waals surface area contributed by atoms with Crippen LogP contribution in [0.2, 0.25) is 0 Å². The van der Waals surface area contributed by atoms with Crippen LogP contribution in [-0.2, 0) is 0 Å². The summed E-state index contributed by atoms with van der Waals surface area (Å²) in [4.78, 5) is 11.0. The molecular formula is C13H16F2N2O. The molecule has 98 valence electrons. The van der Waals surface area contributed by atoms with Gasteiger partial charge in [0.05, 0.1) is 11.3 Å². The molecule has 1 amide bonds. The molecule has 3 nitrogen and oxygen atoms in total. The third kappa shape index (κ3) is 2.30. The van der Waals surface area contributed by atoms with E-state index in [4.69, 9.17) is 5.73 Å². The number of halogens is 2. The monoisotopic (exact) mass is 254 g/mol. The van der Waals surface area contributed by atoms with Gasteiger partial charge in [-0.15, -0.1) is 0 Å². The predicted octanol–water partition coefficient (Wildman–Crippen LogP) is 2.66. The largest absolute Gasteiger partial charge is 0.380 e. The predicted molar refractivity (Wildman–Crippen MR) is 65.3 cm³/mol. The average Bonchev–Trinajstić information content (AvgIpc) is 3.01. The molecule has 1 aliphatic rings. The minimum absolute atomic E-state index is 0.0539. The van der Waals surface area contributed by atoms with Crippen molar-refractivity contribution in [3.63, 3.8) is 0 Å². The van der Waals surface area contributed by atoms with Crippen LogP contribution in [0.25, 0.3) is 0 Å². The first-order valence-corrected chi connectivity index (χ1v) is 5.89. The lowest BCUT2D eigenvalue weighted by atomic mass is 10.0. The Labute approximate surface area is 104 Å². The van der Waals surface area contributed by atoms with Crippen molar-refractivity contribution in [2.24, 2.45) is 11.1 Å². The molecule has 0 aromatic heterocycles. The number of rotatable bonds is 4. The number of hydrogen-bond donors (Lipinski definition) is 2. The molecule has 1 aromatic rings. The van der Waals surface area contributed by atoms with Crippen molar-refractivity contribution in [3.05, 3.63) is 29.3 Å². The highest BCUT2D eigenvalue weighted by Crippen LogP contribution is 2.48. The van der Waals surface area contributed by atoms with Crippen molar-refractivity contribution in [1.82, 2.24) is 0 Å². The molecule has 1 saturated carbocycles. The van der Waals surface area contributed by atoms with Gasteiger partial charge in [0.1, 0.15) is 11.6 Å². The molecule has 3 N–H and O–H groups in total. The van der Waals surface area contributed by atoms with E-state index in [0.717, 1.165) is 18.9 Å². The van der Waals surface area contributed by atoms with Crippen LogP contribution in [0.1, 0.15) is 37.0 Å². The van der Waals surface area contributed by atoms with E-state index in [1.165, 1.54) is 0 Å². The first kappa shape index (κ1) is 12.8. The minimum Gasteiger partial charge on any atom is -0.380 e. The third-order valence-corrected chi connectivity index (χ3v) is 3.78. The fraction of sp³-hybridized carbons (Fsp3) is 0.462. The number of amides is 1. The highest BCUT2D eigenvalue weighted by Gasteiger charge is 2.42. The third-order valence-electron chi connectivity index (χ3n) is 3.78. The highest BCUT2D eigenvalue weighted by molar-refractivity contribution is 5.94. The van der Waals surface area contributed by atoms with Crippen molar-refractivity contribution in [2.75, 3.05) is 5.32 Å². The summed E-state index contributed by atoms with van der Waals surface area (Å²) < 4.78 is 26.9. The maximum atomic E-state index is 13.6. The van der Waals surface area contributed by atoms with Gasteiger partial charge in [-0.2, -0.15) is 0 Å². The number of hydrogen-bond acceptors (Lipinski definition) is 2. The van der Waals surface area contributed by atoms with Gasteiger partial charge < -0.3 is 11.1 Å². The summed E-state index contributed by atoms with van der Waals surface area (Å²) in [6.45, 7) is 4.04. The van der Waals surface area contributed by atoms with Gasteiger partial charge in [0.15, 0.2) is 0 Å². The van der Waals surface area contributed by atoms with Crippen LogP contribution < -0.4 is 11.1 Å². The molecule has 2 rings (SSSR count). The number of benzene rings is 1. The van der Waals surface area contributed by atoms with Gasteiger partial charge in [-0.25, -0.2) is 8.78 Å². The van der Waals surface area contributed by atoms with E-state index in [9.17, 15) is 13.6 Å². The molecule has 1 fully saturated rings. The Bertz CT molecular complexity index is 498. The Morgan fingerprint density at radius 1 is 1.39 bits per heavy atom. The molecule has 1 unspecified atom stereocenters. The van der Waals surface area contributed by atoms with E-state index in [2.05, 4.69) is 12.2 Å². The molecule has 0 saturated heterocycles. The van der Waals surface area contributed by atoms with E-state index >= 15 is 0 Å².